The summed E-state index contributed by atoms with van der Waals surface area (Å²) in [5.41, 5.74) is 9.69. The molecule has 3 heteroatoms. The van der Waals surface area contributed by atoms with Crippen LogP contribution in [0.15, 0.2) is 48.5 Å². The van der Waals surface area contributed by atoms with Gasteiger partial charge in [-0.05, 0) is 35.7 Å². The highest BCUT2D eigenvalue weighted by Crippen LogP contribution is 2.18. The minimum atomic E-state index is 0.347. The molecule has 0 unspecified atom stereocenters. The molecule has 0 aliphatic rings. The quantitative estimate of drug-likeness (QED) is 0.803. The highest BCUT2D eigenvalue weighted by Gasteiger charge is 2.00. The first-order chi connectivity index (χ1) is 9.29. The standard InChI is InChI=1S/C16H17N3/c17-10-8-14-12-15(6-7-16(14)18)19-11-9-13-4-2-1-3-5-13/h1-7,12,19H,8-9,11,18H2. The Morgan fingerprint density at radius 2 is 1.89 bits per heavy atom. The molecule has 3 nitrogen and oxygen atoms in total. The first kappa shape index (κ1) is 13.0. The molecule has 0 radical (unpaired) electrons. The van der Waals surface area contributed by atoms with E-state index in [1.807, 2.05) is 36.4 Å². The second-order valence-corrected chi connectivity index (χ2v) is 4.41. The number of nitrogens with two attached hydrogens (primary N) is 1. The number of rotatable bonds is 5. The van der Waals surface area contributed by atoms with Crippen molar-refractivity contribution >= 4 is 11.4 Å². The molecular weight excluding hydrogens is 234 g/mol. The van der Waals surface area contributed by atoms with Crippen molar-refractivity contribution < 1.29 is 0 Å². The molecule has 2 aromatic rings. The molecule has 19 heavy (non-hydrogen) atoms. The van der Waals surface area contributed by atoms with Crippen molar-refractivity contribution in [1.82, 2.24) is 0 Å². The summed E-state index contributed by atoms with van der Waals surface area (Å²) in [7, 11) is 0. The van der Waals surface area contributed by atoms with Crippen LogP contribution in [0, 0.1) is 11.3 Å². The first-order valence-electron chi connectivity index (χ1n) is 6.33. The molecule has 0 amide bonds. The van der Waals surface area contributed by atoms with Gasteiger partial charge in [-0.2, -0.15) is 5.26 Å². The van der Waals surface area contributed by atoms with E-state index in [0.717, 1.165) is 24.2 Å². The zero-order valence-electron chi connectivity index (χ0n) is 10.8. The zero-order chi connectivity index (χ0) is 13.5. The van der Waals surface area contributed by atoms with Gasteiger partial charge in [0, 0.05) is 17.9 Å². The van der Waals surface area contributed by atoms with Gasteiger partial charge in [0.25, 0.3) is 0 Å². The predicted molar refractivity (Wildman–Crippen MR) is 78.8 cm³/mol. The SMILES string of the molecule is N#CCc1cc(NCCc2ccccc2)ccc1N. The minimum absolute atomic E-state index is 0.347. The summed E-state index contributed by atoms with van der Waals surface area (Å²) < 4.78 is 0. The Morgan fingerprint density at radius 3 is 2.63 bits per heavy atom. The first-order valence-corrected chi connectivity index (χ1v) is 6.33. The van der Waals surface area contributed by atoms with Gasteiger partial charge in [0.15, 0.2) is 0 Å². The van der Waals surface area contributed by atoms with E-state index >= 15 is 0 Å². The van der Waals surface area contributed by atoms with Crippen molar-refractivity contribution in [3.63, 3.8) is 0 Å². The third kappa shape index (κ3) is 3.75. The predicted octanol–water partition coefficient (Wildman–Crippen LogP) is 2.99. The number of hydrogen-bond acceptors (Lipinski definition) is 3. The van der Waals surface area contributed by atoms with E-state index in [1.165, 1.54) is 5.56 Å². The van der Waals surface area contributed by atoms with Gasteiger partial charge in [0.1, 0.15) is 0 Å². The molecule has 0 heterocycles. The third-order valence-electron chi connectivity index (χ3n) is 3.00. The van der Waals surface area contributed by atoms with Gasteiger partial charge in [-0.25, -0.2) is 0 Å². The van der Waals surface area contributed by atoms with Gasteiger partial charge in [-0.3, -0.25) is 0 Å². The number of nitrogens with zero attached hydrogens (tertiary/aromatic N) is 1. The number of benzene rings is 2. The van der Waals surface area contributed by atoms with Gasteiger partial charge in [-0.15, -0.1) is 0 Å². The highest BCUT2D eigenvalue weighted by atomic mass is 14.9. The van der Waals surface area contributed by atoms with Crippen molar-refractivity contribution in [1.29, 1.82) is 5.26 Å². The molecule has 0 bridgehead atoms. The van der Waals surface area contributed by atoms with Crippen molar-refractivity contribution in [3.05, 3.63) is 59.7 Å². The second-order valence-electron chi connectivity index (χ2n) is 4.41. The summed E-state index contributed by atoms with van der Waals surface area (Å²) in [5.74, 6) is 0. The van der Waals surface area contributed by atoms with Crippen LogP contribution in [-0.4, -0.2) is 6.54 Å². The molecular formula is C16H17N3. The lowest BCUT2D eigenvalue weighted by Crippen LogP contribution is -2.05. The van der Waals surface area contributed by atoms with Crippen LogP contribution < -0.4 is 11.1 Å². The second kappa shape index (κ2) is 6.46. The van der Waals surface area contributed by atoms with E-state index in [2.05, 4.69) is 23.5 Å². The monoisotopic (exact) mass is 251 g/mol. The van der Waals surface area contributed by atoms with Crippen LogP contribution in [0.25, 0.3) is 0 Å². The number of hydrogen-bond donors (Lipinski definition) is 2. The van der Waals surface area contributed by atoms with Crippen molar-refractivity contribution in [2.75, 3.05) is 17.6 Å². The molecule has 96 valence electrons. The molecule has 0 aliphatic carbocycles. The van der Waals surface area contributed by atoms with E-state index in [9.17, 15) is 0 Å². The molecule has 0 atom stereocenters. The summed E-state index contributed by atoms with van der Waals surface area (Å²) in [6.45, 7) is 0.861. The highest BCUT2D eigenvalue weighted by molar-refractivity contribution is 5.58. The lowest BCUT2D eigenvalue weighted by Gasteiger charge is -2.09. The van der Waals surface area contributed by atoms with Crippen LogP contribution in [-0.2, 0) is 12.8 Å². The maximum Gasteiger partial charge on any atom is 0.0670 e. The third-order valence-corrected chi connectivity index (χ3v) is 3.00. The fourth-order valence-corrected chi connectivity index (χ4v) is 1.95. The van der Waals surface area contributed by atoms with E-state index in [0.29, 0.717) is 12.1 Å². The van der Waals surface area contributed by atoms with Crippen LogP contribution in [0.3, 0.4) is 0 Å². The lowest BCUT2D eigenvalue weighted by molar-refractivity contribution is 1.02. The van der Waals surface area contributed by atoms with Crippen LogP contribution in [0.5, 0.6) is 0 Å². The van der Waals surface area contributed by atoms with Gasteiger partial charge < -0.3 is 11.1 Å². The summed E-state index contributed by atoms with van der Waals surface area (Å²) in [6.07, 6.45) is 1.32. The minimum Gasteiger partial charge on any atom is -0.398 e. The van der Waals surface area contributed by atoms with Crippen LogP contribution in [0.1, 0.15) is 11.1 Å². The Morgan fingerprint density at radius 1 is 1.11 bits per heavy atom. The van der Waals surface area contributed by atoms with Crippen LogP contribution in [0.4, 0.5) is 11.4 Å². The van der Waals surface area contributed by atoms with Crippen LogP contribution >= 0.6 is 0 Å². The summed E-state index contributed by atoms with van der Waals surface area (Å²) in [6, 6.07) is 18.2. The Balaban J connectivity index is 1.93. The summed E-state index contributed by atoms with van der Waals surface area (Å²) in [5, 5.41) is 12.1. The Kier molecular flexibility index (Phi) is 4.41. The summed E-state index contributed by atoms with van der Waals surface area (Å²) in [4.78, 5) is 0. The molecule has 2 rings (SSSR count). The molecule has 0 fully saturated rings. The molecule has 2 aromatic carbocycles. The average Bonchev–Trinajstić information content (AvgIpc) is 2.44. The number of anilines is 2. The van der Waals surface area contributed by atoms with E-state index in [4.69, 9.17) is 11.0 Å². The zero-order valence-corrected chi connectivity index (χ0v) is 10.8. The Hall–Kier alpha value is -2.47. The number of nitriles is 1. The van der Waals surface area contributed by atoms with Gasteiger partial charge >= 0.3 is 0 Å². The van der Waals surface area contributed by atoms with Crippen molar-refractivity contribution in [2.24, 2.45) is 0 Å². The molecule has 0 aromatic heterocycles. The van der Waals surface area contributed by atoms with Gasteiger partial charge in [0.2, 0.25) is 0 Å². The fourth-order valence-electron chi connectivity index (χ4n) is 1.95. The topological polar surface area (TPSA) is 61.8 Å². The van der Waals surface area contributed by atoms with Crippen molar-refractivity contribution in [3.8, 4) is 6.07 Å². The van der Waals surface area contributed by atoms with E-state index < -0.39 is 0 Å². The fraction of sp³-hybridized carbons (Fsp3) is 0.188. The maximum absolute atomic E-state index is 8.73. The van der Waals surface area contributed by atoms with E-state index in [-0.39, 0.29) is 0 Å². The number of nitrogens with one attached hydrogen (secondary N) is 1. The van der Waals surface area contributed by atoms with Gasteiger partial charge in [0.05, 0.1) is 12.5 Å². The maximum atomic E-state index is 8.73. The number of nitrogen functional groups attached to an aromatic ring is 1. The lowest BCUT2D eigenvalue weighted by atomic mass is 10.1. The normalized spacial score (nSPS) is 9.84. The van der Waals surface area contributed by atoms with E-state index in [1.54, 1.807) is 0 Å². The van der Waals surface area contributed by atoms with Crippen molar-refractivity contribution in [2.45, 2.75) is 12.8 Å². The Bertz CT molecular complexity index is 570. The largest absolute Gasteiger partial charge is 0.398 e. The summed E-state index contributed by atoms with van der Waals surface area (Å²) >= 11 is 0. The average molecular weight is 251 g/mol. The Labute approximate surface area is 113 Å². The molecule has 3 N–H and O–H groups in total. The van der Waals surface area contributed by atoms with Gasteiger partial charge in [-0.1, -0.05) is 30.3 Å². The molecule has 0 saturated carbocycles. The molecule has 0 aliphatic heterocycles. The molecule has 0 saturated heterocycles. The van der Waals surface area contributed by atoms with Crippen LogP contribution in [0.2, 0.25) is 0 Å². The molecule has 0 spiro atoms. The smallest absolute Gasteiger partial charge is 0.0670 e.